The van der Waals surface area contributed by atoms with Crippen LogP contribution in [0.5, 0.6) is 5.75 Å². The number of anilines is 1. The average molecular weight is 341 g/mol. The van der Waals surface area contributed by atoms with Crippen LogP contribution in [0.15, 0.2) is 42.5 Å². The van der Waals surface area contributed by atoms with Crippen molar-refractivity contribution in [2.45, 2.75) is 33.8 Å². The highest BCUT2D eigenvalue weighted by atomic mass is 16.6. The summed E-state index contributed by atoms with van der Waals surface area (Å²) in [6.07, 6.45) is -0.699. The molecular formula is C20H23NO4. The number of rotatable bonds is 6. The van der Waals surface area contributed by atoms with E-state index in [4.69, 9.17) is 9.47 Å². The molecule has 1 atom stereocenters. The third-order valence-electron chi connectivity index (χ3n) is 3.68. The Morgan fingerprint density at radius 1 is 1.08 bits per heavy atom. The van der Waals surface area contributed by atoms with E-state index in [1.165, 1.54) is 0 Å². The van der Waals surface area contributed by atoms with Crippen molar-refractivity contribution in [2.24, 2.45) is 0 Å². The number of carbonyl (C=O) groups is 2. The van der Waals surface area contributed by atoms with Gasteiger partial charge in [0.2, 0.25) is 0 Å². The molecule has 0 spiro atoms. The van der Waals surface area contributed by atoms with Gasteiger partial charge in [-0.25, -0.2) is 4.79 Å². The van der Waals surface area contributed by atoms with Crippen LogP contribution in [0, 0.1) is 13.8 Å². The fourth-order valence-electron chi connectivity index (χ4n) is 2.35. The normalized spacial score (nSPS) is 11.5. The first-order chi connectivity index (χ1) is 11.9. The largest absolute Gasteiger partial charge is 0.479 e. The van der Waals surface area contributed by atoms with Crippen molar-refractivity contribution < 1.29 is 19.1 Å². The lowest BCUT2D eigenvalue weighted by atomic mass is 10.1. The number of esters is 1. The van der Waals surface area contributed by atoms with Gasteiger partial charge in [0.1, 0.15) is 5.75 Å². The van der Waals surface area contributed by atoms with Crippen molar-refractivity contribution in [3.63, 3.8) is 0 Å². The van der Waals surface area contributed by atoms with E-state index in [1.54, 1.807) is 38.1 Å². The second-order valence-corrected chi connectivity index (χ2v) is 5.81. The maximum Gasteiger partial charge on any atom is 0.347 e. The molecule has 0 aliphatic rings. The average Bonchev–Trinajstić information content (AvgIpc) is 2.58. The van der Waals surface area contributed by atoms with E-state index < -0.39 is 12.1 Å². The summed E-state index contributed by atoms with van der Waals surface area (Å²) in [5, 5.41) is 2.90. The minimum atomic E-state index is -0.699. The predicted octanol–water partition coefficient (Wildman–Crippen LogP) is 3.89. The summed E-state index contributed by atoms with van der Waals surface area (Å²) < 4.78 is 10.4. The lowest BCUT2D eigenvalue weighted by Crippen LogP contribution is -2.26. The van der Waals surface area contributed by atoms with Crippen molar-refractivity contribution >= 4 is 17.6 Å². The zero-order chi connectivity index (χ0) is 18.4. The Morgan fingerprint density at radius 2 is 1.76 bits per heavy atom. The van der Waals surface area contributed by atoms with E-state index in [0.29, 0.717) is 17.9 Å². The van der Waals surface area contributed by atoms with E-state index in [0.717, 1.165) is 16.8 Å². The van der Waals surface area contributed by atoms with Crippen LogP contribution in [0.2, 0.25) is 0 Å². The minimum absolute atomic E-state index is 0.197. The van der Waals surface area contributed by atoms with Gasteiger partial charge in [-0.3, -0.25) is 4.79 Å². The molecule has 0 aliphatic heterocycles. The van der Waals surface area contributed by atoms with Gasteiger partial charge >= 0.3 is 5.97 Å². The smallest absolute Gasteiger partial charge is 0.347 e. The molecule has 0 saturated heterocycles. The number of carbonyl (C=O) groups excluding carboxylic acids is 2. The van der Waals surface area contributed by atoms with E-state index in [9.17, 15) is 9.59 Å². The third kappa shape index (κ3) is 5.08. The zero-order valence-corrected chi connectivity index (χ0v) is 15.0. The molecule has 0 aromatic heterocycles. The van der Waals surface area contributed by atoms with Crippen LogP contribution in [0.25, 0.3) is 0 Å². The summed E-state index contributed by atoms with van der Waals surface area (Å²) in [6, 6.07) is 12.5. The number of amides is 1. The lowest BCUT2D eigenvalue weighted by molar-refractivity contribution is -0.150. The van der Waals surface area contributed by atoms with Crippen molar-refractivity contribution in [3.05, 3.63) is 59.2 Å². The highest BCUT2D eigenvalue weighted by Crippen LogP contribution is 2.19. The fourth-order valence-corrected chi connectivity index (χ4v) is 2.35. The molecule has 25 heavy (non-hydrogen) atoms. The van der Waals surface area contributed by atoms with Gasteiger partial charge in [0.15, 0.2) is 6.10 Å². The quantitative estimate of drug-likeness (QED) is 0.810. The predicted molar refractivity (Wildman–Crippen MR) is 97.0 cm³/mol. The number of aryl methyl sites for hydroxylation is 2. The first-order valence-electron chi connectivity index (χ1n) is 8.22. The molecule has 0 radical (unpaired) electrons. The topological polar surface area (TPSA) is 64.6 Å². The number of hydrogen-bond acceptors (Lipinski definition) is 4. The Labute approximate surface area is 148 Å². The Morgan fingerprint density at radius 3 is 2.36 bits per heavy atom. The van der Waals surface area contributed by atoms with Crippen molar-refractivity contribution in [2.75, 3.05) is 11.9 Å². The van der Waals surface area contributed by atoms with Crippen molar-refractivity contribution in [3.8, 4) is 5.75 Å². The second-order valence-electron chi connectivity index (χ2n) is 5.81. The summed E-state index contributed by atoms with van der Waals surface area (Å²) >= 11 is 0. The molecule has 0 heterocycles. The Balaban J connectivity index is 2.01. The SMILES string of the molecule is CCOC(=O)[C@H](C)Oc1ccc(C(=O)Nc2ccc(C)cc2C)cc1. The molecule has 2 aromatic rings. The highest BCUT2D eigenvalue weighted by Gasteiger charge is 2.16. The van der Waals surface area contributed by atoms with Crippen LogP contribution in [0.4, 0.5) is 5.69 Å². The molecule has 1 amide bonds. The summed E-state index contributed by atoms with van der Waals surface area (Å²) in [4.78, 5) is 23.9. The summed E-state index contributed by atoms with van der Waals surface area (Å²) in [6.45, 7) is 7.64. The Bertz CT molecular complexity index is 753. The molecule has 132 valence electrons. The van der Waals surface area contributed by atoms with Crippen LogP contribution in [-0.2, 0) is 9.53 Å². The van der Waals surface area contributed by atoms with Gasteiger partial charge in [-0.1, -0.05) is 17.7 Å². The van der Waals surface area contributed by atoms with Gasteiger partial charge in [0, 0.05) is 11.3 Å². The monoisotopic (exact) mass is 341 g/mol. The molecule has 2 aromatic carbocycles. The van der Waals surface area contributed by atoms with Crippen LogP contribution in [0.1, 0.15) is 35.3 Å². The number of ether oxygens (including phenoxy) is 2. The van der Waals surface area contributed by atoms with Crippen LogP contribution in [-0.4, -0.2) is 24.6 Å². The van der Waals surface area contributed by atoms with Gasteiger partial charge in [-0.2, -0.15) is 0 Å². The number of nitrogens with one attached hydrogen (secondary N) is 1. The van der Waals surface area contributed by atoms with E-state index in [-0.39, 0.29) is 5.91 Å². The van der Waals surface area contributed by atoms with Gasteiger partial charge in [-0.05, 0) is 63.6 Å². The van der Waals surface area contributed by atoms with Gasteiger partial charge < -0.3 is 14.8 Å². The van der Waals surface area contributed by atoms with Gasteiger partial charge in [-0.15, -0.1) is 0 Å². The van der Waals surface area contributed by atoms with Crippen LogP contribution in [0.3, 0.4) is 0 Å². The molecule has 0 saturated carbocycles. The van der Waals surface area contributed by atoms with Crippen LogP contribution >= 0.6 is 0 Å². The minimum Gasteiger partial charge on any atom is -0.479 e. The molecule has 5 nitrogen and oxygen atoms in total. The second kappa shape index (κ2) is 8.33. The summed E-state index contributed by atoms with van der Waals surface area (Å²) in [5.41, 5.74) is 3.45. The summed E-state index contributed by atoms with van der Waals surface area (Å²) in [5.74, 6) is -0.111. The van der Waals surface area contributed by atoms with Gasteiger partial charge in [0.25, 0.3) is 5.91 Å². The maximum absolute atomic E-state index is 12.4. The molecule has 0 unspecified atom stereocenters. The summed E-state index contributed by atoms with van der Waals surface area (Å²) in [7, 11) is 0. The van der Waals surface area contributed by atoms with Crippen molar-refractivity contribution in [1.29, 1.82) is 0 Å². The standard InChI is InChI=1S/C20H23NO4/c1-5-24-20(23)15(4)25-17-9-7-16(8-10-17)19(22)21-18-11-6-13(2)12-14(18)3/h6-12,15H,5H2,1-4H3,(H,21,22)/t15-/m0/s1. The molecular weight excluding hydrogens is 318 g/mol. The molecule has 2 rings (SSSR count). The highest BCUT2D eigenvalue weighted by molar-refractivity contribution is 6.04. The molecule has 5 heteroatoms. The molecule has 0 aliphatic carbocycles. The first-order valence-corrected chi connectivity index (χ1v) is 8.22. The number of hydrogen-bond donors (Lipinski definition) is 1. The first kappa shape index (κ1) is 18.5. The van der Waals surface area contributed by atoms with E-state index in [1.807, 2.05) is 32.0 Å². The molecule has 0 fully saturated rings. The fraction of sp³-hybridized carbons (Fsp3) is 0.300. The Kier molecular flexibility index (Phi) is 6.17. The number of benzene rings is 2. The van der Waals surface area contributed by atoms with Gasteiger partial charge in [0.05, 0.1) is 6.61 Å². The molecule has 0 bridgehead atoms. The maximum atomic E-state index is 12.4. The lowest BCUT2D eigenvalue weighted by Gasteiger charge is -2.14. The Hall–Kier alpha value is -2.82. The molecule has 1 N–H and O–H groups in total. The van der Waals surface area contributed by atoms with E-state index >= 15 is 0 Å². The van der Waals surface area contributed by atoms with E-state index in [2.05, 4.69) is 5.32 Å². The zero-order valence-electron chi connectivity index (χ0n) is 15.0. The van der Waals surface area contributed by atoms with Crippen molar-refractivity contribution in [1.82, 2.24) is 0 Å². The van der Waals surface area contributed by atoms with Crippen LogP contribution < -0.4 is 10.1 Å². The third-order valence-corrected chi connectivity index (χ3v) is 3.68.